The number of ether oxygens (including phenoxy) is 1. The standard InChI is InChI=1S/C21H24FN3O3.ClH/c22-15-3-1-13(2-4-15)9-14-10-17(24-18-11-23-7-5-16(14)18)21(27)25-19-12-28-8-6-20(19)26;/h1-4,10,19-20,23,26H,5-9,11-12H2,(H,25,27);1H/t19-,20-;/m1./s1. The first kappa shape index (κ1) is 21.6. The van der Waals surface area contributed by atoms with Gasteiger partial charge in [-0.25, -0.2) is 9.37 Å². The number of amides is 1. The number of aliphatic hydroxyl groups is 1. The van der Waals surface area contributed by atoms with Gasteiger partial charge in [-0.1, -0.05) is 12.1 Å². The van der Waals surface area contributed by atoms with Gasteiger partial charge in [0.05, 0.1) is 24.4 Å². The van der Waals surface area contributed by atoms with Crippen LogP contribution in [0.25, 0.3) is 0 Å². The molecule has 156 valence electrons. The average Bonchev–Trinajstić information content (AvgIpc) is 2.71. The van der Waals surface area contributed by atoms with Crippen LogP contribution in [-0.2, 0) is 24.1 Å². The van der Waals surface area contributed by atoms with Gasteiger partial charge in [-0.15, -0.1) is 12.4 Å². The predicted octanol–water partition coefficient (Wildman–Crippen LogP) is 1.76. The molecular formula is C21H25ClFN3O3. The maximum atomic E-state index is 13.2. The molecule has 2 aliphatic heterocycles. The van der Waals surface area contributed by atoms with Crippen molar-refractivity contribution in [2.45, 2.75) is 38.0 Å². The van der Waals surface area contributed by atoms with Crippen molar-refractivity contribution in [3.63, 3.8) is 0 Å². The van der Waals surface area contributed by atoms with Gasteiger partial charge in [0.1, 0.15) is 11.5 Å². The van der Waals surface area contributed by atoms with E-state index >= 15 is 0 Å². The third-order valence-corrected chi connectivity index (χ3v) is 5.32. The Balaban J connectivity index is 0.00000240. The van der Waals surface area contributed by atoms with Crippen LogP contribution in [-0.4, -0.2) is 47.9 Å². The quantitative estimate of drug-likeness (QED) is 0.700. The molecule has 2 aromatic rings. The maximum absolute atomic E-state index is 13.2. The smallest absolute Gasteiger partial charge is 0.270 e. The van der Waals surface area contributed by atoms with E-state index in [0.29, 0.717) is 38.3 Å². The predicted molar refractivity (Wildman–Crippen MR) is 109 cm³/mol. The summed E-state index contributed by atoms with van der Waals surface area (Å²) in [6, 6.07) is 7.80. The molecule has 6 nitrogen and oxygen atoms in total. The molecule has 8 heteroatoms. The fourth-order valence-corrected chi connectivity index (χ4v) is 3.76. The second kappa shape index (κ2) is 9.63. The number of pyridine rings is 1. The molecule has 0 spiro atoms. The Bertz CT molecular complexity index is 863. The molecule has 0 aliphatic carbocycles. The van der Waals surface area contributed by atoms with Crippen molar-refractivity contribution in [3.05, 3.63) is 64.2 Å². The number of benzene rings is 1. The van der Waals surface area contributed by atoms with Crippen molar-refractivity contribution in [1.29, 1.82) is 0 Å². The Labute approximate surface area is 175 Å². The zero-order valence-electron chi connectivity index (χ0n) is 16.0. The van der Waals surface area contributed by atoms with Crippen molar-refractivity contribution < 1.29 is 19.0 Å². The minimum atomic E-state index is -0.615. The molecule has 1 amide bonds. The van der Waals surface area contributed by atoms with E-state index in [9.17, 15) is 14.3 Å². The van der Waals surface area contributed by atoms with Crippen LogP contribution in [0.15, 0.2) is 30.3 Å². The maximum Gasteiger partial charge on any atom is 0.270 e. The van der Waals surface area contributed by atoms with Gasteiger partial charge in [0.15, 0.2) is 0 Å². The molecule has 3 heterocycles. The van der Waals surface area contributed by atoms with Gasteiger partial charge >= 0.3 is 0 Å². The van der Waals surface area contributed by atoms with Crippen LogP contribution >= 0.6 is 12.4 Å². The summed E-state index contributed by atoms with van der Waals surface area (Å²) in [6.07, 6.45) is 1.34. The van der Waals surface area contributed by atoms with E-state index in [0.717, 1.165) is 35.3 Å². The van der Waals surface area contributed by atoms with Crippen LogP contribution in [0.4, 0.5) is 4.39 Å². The normalized spacial score (nSPS) is 21.0. The zero-order valence-corrected chi connectivity index (χ0v) is 16.8. The summed E-state index contributed by atoms with van der Waals surface area (Å²) in [5.74, 6) is -0.582. The molecule has 1 fully saturated rings. The number of halogens is 2. The number of rotatable bonds is 4. The summed E-state index contributed by atoms with van der Waals surface area (Å²) >= 11 is 0. The van der Waals surface area contributed by atoms with Crippen LogP contribution in [0.5, 0.6) is 0 Å². The van der Waals surface area contributed by atoms with Crippen LogP contribution in [0.3, 0.4) is 0 Å². The lowest BCUT2D eigenvalue weighted by Gasteiger charge is -2.28. The minimum absolute atomic E-state index is 0. The monoisotopic (exact) mass is 421 g/mol. The number of aromatic nitrogens is 1. The molecule has 0 bridgehead atoms. The number of nitrogens with zero attached hydrogens (tertiary/aromatic N) is 1. The Morgan fingerprint density at radius 1 is 1.34 bits per heavy atom. The van der Waals surface area contributed by atoms with Gasteiger partial charge in [0.25, 0.3) is 5.91 Å². The van der Waals surface area contributed by atoms with Gasteiger partial charge in [0, 0.05) is 13.2 Å². The number of nitrogens with one attached hydrogen (secondary N) is 2. The average molecular weight is 422 g/mol. The number of carbonyl (C=O) groups excluding carboxylic acids is 1. The van der Waals surface area contributed by atoms with Crippen molar-refractivity contribution in [2.24, 2.45) is 0 Å². The van der Waals surface area contributed by atoms with Crippen LogP contribution < -0.4 is 10.6 Å². The molecule has 4 rings (SSSR count). The van der Waals surface area contributed by atoms with Crippen molar-refractivity contribution in [2.75, 3.05) is 19.8 Å². The molecule has 1 aromatic heterocycles. The summed E-state index contributed by atoms with van der Waals surface area (Å²) in [5, 5.41) is 16.2. The molecule has 0 saturated carbocycles. The Morgan fingerprint density at radius 3 is 2.90 bits per heavy atom. The molecule has 2 atom stereocenters. The van der Waals surface area contributed by atoms with E-state index < -0.39 is 12.1 Å². The summed E-state index contributed by atoms with van der Waals surface area (Å²) in [7, 11) is 0. The second-order valence-electron chi connectivity index (χ2n) is 7.33. The van der Waals surface area contributed by atoms with Crippen molar-refractivity contribution in [3.8, 4) is 0 Å². The van der Waals surface area contributed by atoms with E-state index in [1.807, 2.05) is 6.07 Å². The lowest BCUT2D eigenvalue weighted by Crippen LogP contribution is -2.49. The summed E-state index contributed by atoms with van der Waals surface area (Å²) in [6.45, 7) is 2.27. The molecule has 0 unspecified atom stereocenters. The molecule has 1 aromatic carbocycles. The number of hydrogen-bond donors (Lipinski definition) is 3. The number of carbonyl (C=O) groups is 1. The van der Waals surface area contributed by atoms with Gasteiger partial charge < -0.3 is 20.5 Å². The topological polar surface area (TPSA) is 83.5 Å². The third-order valence-electron chi connectivity index (χ3n) is 5.32. The first-order valence-electron chi connectivity index (χ1n) is 9.63. The highest BCUT2D eigenvalue weighted by molar-refractivity contribution is 5.93. The van der Waals surface area contributed by atoms with Crippen molar-refractivity contribution >= 4 is 18.3 Å². The van der Waals surface area contributed by atoms with E-state index in [4.69, 9.17) is 4.74 Å². The number of aliphatic hydroxyl groups excluding tert-OH is 1. The SMILES string of the molecule is Cl.O=C(N[C@@H]1COCC[C@H]1O)c1cc(Cc2ccc(F)cc2)c2c(n1)CNCC2. The molecular weight excluding hydrogens is 397 g/mol. The molecule has 2 aliphatic rings. The highest BCUT2D eigenvalue weighted by Crippen LogP contribution is 2.22. The molecule has 29 heavy (non-hydrogen) atoms. The Morgan fingerprint density at radius 2 is 2.14 bits per heavy atom. The van der Waals surface area contributed by atoms with Gasteiger partial charge in [0.2, 0.25) is 0 Å². The van der Waals surface area contributed by atoms with Crippen LogP contribution in [0.1, 0.15) is 39.3 Å². The number of fused-ring (bicyclic) bond motifs is 1. The van der Waals surface area contributed by atoms with E-state index in [1.165, 1.54) is 12.1 Å². The molecule has 1 saturated heterocycles. The molecule has 3 N–H and O–H groups in total. The highest BCUT2D eigenvalue weighted by Gasteiger charge is 2.27. The second-order valence-corrected chi connectivity index (χ2v) is 7.33. The number of hydrogen-bond acceptors (Lipinski definition) is 5. The van der Waals surface area contributed by atoms with E-state index in [-0.39, 0.29) is 24.1 Å². The lowest BCUT2D eigenvalue weighted by molar-refractivity contribution is -0.0140. The largest absolute Gasteiger partial charge is 0.391 e. The molecule has 0 radical (unpaired) electrons. The van der Waals surface area contributed by atoms with Gasteiger partial charge in [-0.05, 0) is 60.7 Å². The Kier molecular flexibility index (Phi) is 7.18. The summed E-state index contributed by atoms with van der Waals surface area (Å²) in [4.78, 5) is 17.3. The minimum Gasteiger partial charge on any atom is -0.391 e. The summed E-state index contributed by atoms with van der Waals surface area (Å²) in [5.41, 5.74) is 4.37. The zero-order chi connectivity index (χ0) is 19.5. The lowest BCUT2D eigenvalue weighted by atomic mass is 9.94. The van der Waals surface area contributed by atoms with Crippen LogP contribution in [0.2, 0.25) is 0 Å². The van der Waals surface area contributed by atoms with Crippen molar-refractivity contribution in [1.82, 2.24) is 15.6 Å². The first-order chi connectivity index (χ1) is 13.6. The van der Waals surface area contributed by atoms with Crippen LogP contribution in [0, 0.1) is 5.82 Å². The first-order valence-corrected chi connectivity index (χ1v) is 9.63. The van der Waals surface area contributed by atoms with Gasteiger partial charge in [-0.2, -0.15) is 0 Å². The highest BCUT2D eigenvalue weighted by atomic mass is 35.5. The fourth-order valence-electron chi connectivity index (χ4n) is 3.76. The Hall–Kier alpha value is -2.06. The fraction of sp³-hybridized carbons (Fsp3) is 0.429. The third kappa shape index (κ3) is 5.11. The van der Waals surface area contributed by atoms with E-state index in [2.05, 4.69) is 15.6 Å². The van der Waals surface area contributed by atoms with Gasteiger partial charge in [-0.3, -0.25) is 4.79 Å². The van der Waals surface area contributed by atoms with E-state index in [1.54, 1.807) is 12.1 Å². The summed E-state index contributed by atoms with van der Waals surface area (Å²) < 4.78 is 18.6.